The van der Waals surface area contributed by atoms with E-state index >= 15 is 0 Å². The molecule has 1 aromatic carbocycles. The van der Waals surface area contributed by atoms with Crippen LogP contribution < -0.4 is 5.32 Å². The summed E-state index contributed by atoms with van der Waals surface area (Å²) in [6.07, 6.45) is 1.72. The van der Waals surface area contributed by atoms with E-state index in [1.807, 2.05) is 18.2 Å². The molecule has 0 aromatic heterocycles. The van der Waals surface area contributed by atoms with Gasteiger partial charge >= 0.3 is 0 Å². The van der Waals surface area contributed by atoms with E-state index in [2.05, 4.69) is 21.2 Å². The van der Waals surface area contributed by atoms with Crippen molar-refractivity contribution in [2.75, 3.05) is 6.61 Å². The van der Waals surface area contributed by atoms with Crippen molar-refractivity contribution in [1.82, 2.24) is 5.32 Å². The molecule has 0 unspecified atom stereocenters. The lowest BCUT2D eigenvalue weighted by molar-refractivity contribution is 0.0906. The second-order valence-corrected chi connectivity index (χ2v) is 4.73. The van der Waals surface area contributed by atoms with Crippen LogP contribution in [-0.2, 0) is 0 Å². The zero-order chi connectivity index (χ0) is 10.9. The van der Waals surface area contributed by atoms with Crippen LogP contribution in [-0.4, -0.2) is 23.2 Å². The number of aliphatic hydroxyl groups is 1. The van der Waals surface area contributed by atoms with E-state index in [0.29, 0.717) is 5.56 Å². The van der Waals surface area contributed by atoms with E-state index in [0.717, 1.165) is 17.3 Å². The minimum Gasteiger partial charge on any atom is -0.394 e. The standard InChI is InChI=1S/C11H12BrNO2/c12-9-4-2-1-3-8(9)10(15)13-11(7-14)5-6-11/h1-4,14H,5-7H2,(H,13,15). The van der Waals surface area contributed by atoms with Crippen molar-refractivity contribution < 1.29 is 9.90 Å². The predicted molar refractivity (Wildman–Crippen MR) is 60.7 cm³/mol. The fraction of sp³-hybridized carbons (Fsp3) is 0.364. The Morgan fingerprint density at radius 3 is 2.67 bits per heavy atom. The lowest BCUT2D eigenvalue weighted by Gasteiger charge is -2.14. The molecule has 4 heteroatoms. The first-order chi connectivity index (χ1) is 7.17. The third-order valence-corrected chi connectivity index (χ3v) is 3.34. The molecule has 0 aliphatic heterocycles. The van der Waals surface area contributed by atoms with E-state index in [9.17, 15) is 4.79 Å². The zero-order valence-corrected chi connectivity index (χ0v) is 9.75. The van der Waals surface area contributed by atoms with Crippen LogP contribution in [0.4, 0.5) is 0 Å². The molecule has 1 saturated carbocycles. The Balaban J connectivity index is 2.12. The van der Waals surface area contributed by atoms with Gasteiger partial charge in [0.25, 0.3) is 5.91 Å². The molecule has 0 spiro atoms. The molecule has 1 aliphatic carbocycles. The SMILES string of the molecule is O=C(NC1(CO)CC1)c1ccccc1Br. The van der Waals surface area contributed by atoms with Gasteiger partial charge in [-0.2, -0.15) is 0 Å². The largest absolute Gasteiger partial charge is 0.394 e. The summed E-state index contributed by atoms with van der Waals surface area (Å²) in [6.45, 7) is 0.0171. The predicted octanol–water partition coefficient (Wildman–Crippen LogP) is 1.70. The van der Waals surface area contributed by atoms with E-state index in [-0.39, 0.29) is 18.1 Å². The second-order valence-electron chi connectivity index (χ2n) is 3.87. The van der Waals surface area contributed by atoms with Crippen molar-refractivity contribution in [3.8, 4) is 0 Å². The average Bonchev–Trinajstić information content (AvgIpc) is 2.99. The molecule has 3 nitrogen and oxygen atoms in total. The summed E-state index contributed by atoms with van der Waals surface area (Å²) in [5, 5.41) is 12.0. The molecular formula is C11H12BrNO2. The Kier molecular flexibility index (Phi) is 2.80. The van der Waals surface area contributed by atoms with E-state index in [4.69, 9.17) is 5.11 Å². The monoisotopic (exact) mass is 269 g/mol. The number of carbonyl (C=O) groups excluding carboxylic acids is 1. The van der Waals surface area contributed by atoms with Crippen LogP contribution in [0.2, 0.25) is 0 Å². The van der Waals surface area contributed by atoms with Gasteiger partial charge in [-0.1, -0.05) is 12.1 Å². The Morgan fingerprint density at radius 1 is 1.47 bits per heavy atom. The summed E-state index contributed by atoms with van der Waals surface area (Å²) < 4.78 is 0.774. The number of hydrogen-bond donors (Lipinski definition) is 2. The van der Waals surface area contributed by atoms with E-state index in [1.165, 1.54) is 0 Å². The Hall–Kier alpha value is -0.870. The number of amides is 1. The normalized spacial score (nSPS) is 17.2. The summed E-state index contributed by atoms with van der Waals surface area (Å²) in [4.78, 5) is 11.8. The Bertz CT molecular complexity index is 388. The van der Waals surface area contributed by atoms with Crippen LogP contribution in [0.5, 0.6) is 0 Å². The topological polar surface area (TPSA) is 49.3 Å². The summed E-state index contributed by atoms with van der Waals surface area (Å²) >= 11 is 3.32. The zero-order valence-electron chi connectivity index (χ0n) is 8.16. The van der Waals surface area contributed by atoms with Gasteiger partial charge in [-0.05, 0) is 40.9 Å². The van der Waals surface area contributed by atoms with Crippen molar-refractivity contribution in [1.29, 1.82) is 0 Å². The quantitative estimate of drug-likeness (QED) is 0.878. The smallest absolute Gasteiger partial charge is 0.252 e. The van der Waals surface area contributed by atoms with Gasteiger partial charge in [0.05, 0.1) is 17.7 Å². The summed E-state index contributed by atoms with van der Waals surface area (Å²) in [7, 11) is 0. The van der Waals surface area contributed by atoms with Crippen molar-refractivity contribution in [3.05, 3.63) is 34.3 Å². The number of rotatable bonds is 3. The second kappa shape index (κ2) is 3.94. The molecule has 1 amide bonds. The van der Waals surface area contributed by atoms with Gasteiger partial charge < -0.3 is 10.4 Å². The lowest BCUT2D eigenvalue weighted by atomic mass is 10.2. The van der Waals surface area contributed by atoms with Crippen LogP contribution in [0, 0.1) is 0 Å². The van der Waals surface area contributed by atoms with Crippen molar-refractivity contribution in [2.45, 2.75) is 18.4 Å². The first kappa shape index (κ1) is 10.6. The molecule has 0 heterocycles. The molecule has 0 saturated heterocycles. The first-order valence-electron chi connectivity index (χ1n) is 4.85. The number of aliphatic hydroxyl groups excluding tert-OH is 1. The van der Waals surface area contributed by atoms with Gasteiger partial charge in [0.1, 0.15) is 0 Å². The number of benzene rings is 1. The first-order valence-corrected chi connectivity index (χ1v) is 5.64. The van der Waals surface area contributed by atoms with Crippen molar-refractivity contribution in [2.24, 2.45) is 0 Å². The maximum Gasteiger partial charge on any atom is 0.252 e. The third-order valence-electron chi connectivity index (χ3n) is 2.65. The Morgan fingerprint density at radius 2 is 2.13 bits per heavy atom. The van der Waals surface area contributed by atoms with Crippen LogP contribution in [0.15, 0.2) is 28.7 Å². The number of hydrogen-bond acceptors (Lipinski definition) is 2. The maximum atomic E-state index is 11.8. The maximum absolute atomic E-state index is 11.8. The van der Waals surface area contributed by atoms with Gasteiger partial charge in [-0.15, -0.1) is 0 Å². The van der Waals surface area contributed by atoms with Crippen LogP contribution in [0.25, 0.3) is 0 Å². The van der Waals surface area contributed by atoms with Crippen LogP contribution >= 0.6 is 15.9 Å². The van der Waals surface area contributed by atoms with E-state index in [1.54, 1.807) is 6.07 Å². The fourth-order valence-electron chi connectivity index (χ4n) is 1.43. The van der Waals surface area contributed by atoms with Gasteiger partial charge in [0, 0.05) is 4.47 Å². The molecule has 0 radical (unpaired) electrons. The van der Waals surface area contributed by atoms with Gasteiger partial charge in [-0.25, -0.2) is 0 Å². The molecule has 80 valence electrons. The number of halogens is 1. The molecule has 1 fully saturated rings. The number of nitrogens with one attached hydrogen (secondary N) is 1. The molecular weight excluding hydrogens is 258 g/mol. The highest BCUT2D eigenvalue weighted by molar-refractivity contribution is 9.10. The summed E-state index contributed by atoms with van der Waals surface area (Å²) in [5.74, 6) is -0.131. The highest BCUT2D eigenvalue weighted by Crippen LogP contribution is 2.35. The third kappa shape index (κ3) is 2.21. The highest BCUT2D eigenvalue weighted by atomic mass is 79.9. The molecule has 0 bridgehead atoms. The summed E-state index contributed by atoms with van der Waals surface area (Å²) in [5.41, 5.74) is 0.254. The summed E-state index contributed by atoms with van der Waals surface area (Å²) in [6, 6.07) is 7.26. The highest BCUT2D eigenvalue weighted by Gasteiger charge is 2.43. The fourth-order valence-corrected chi connectivity index (χ4v) is 1.89. The molecule has 1 aromatic rings. The molecule has 2 rings (SSSR count). The minimum atomic E-state index is -0.355. The molecule has 2 N–H and O–H groups in total. The number of carbonyl (C=O) groups is 1. The average molecular weight is 270 g/mol. The van der Waals surface area contributed by atoms with Crippen LogP contribution in [0.1, 0.15) is 23.2 Å². The molecule has 1 aliphatic rings. The van der Waals surface area contributed by atoms with Gasteiger partial charge in [0.2, 0.25) is 0 Å². The van der Waals surface area contributed by atoms with Gasteiger partial charge in [-0.3, -0.25) is 4.79 Å². The van der Waals surface area contributed by atoms with Gasteiger partial charge in [0.15, 0.2) is 0 Å². The molecule has 0 atom stereocenters. The lowest BCUT2D eigenvalue weighted by Crippen LogP contribution is -2.39. The van der Waals surface area contributed by atoms with Crippen molar-refractivity contribution >= 4 is 21.8 Å². The van der Waals surface area contributed by atoms with E-state index < -0.39 is 0 Å². The van der Waals surface area contributed by atoms with Crippen molar-refractivity contribution in [3.63, 3.8) is 0 Å². The minimum absolute atomic E-state index is 0.0171. The van der Waals surface area contributed by atoms with Crippen LogP contribution in [0.3, 0.4) is 0 Å². The Labute approximate surface area is 96.6 Å². The molecule has 15 heavy (non-hydrogen) atoms.